The maximum absolute atomic E-state index is 15.1. The first kappa shape index (κ1) is 34.7. The Morgan fingerprint density at radius 1 is 0.773 bits per heavy atom. The van der Waals surface area contributed by atoms with Gasteiger partial charge in [0.15, 0.2) is 0 Å². The number of nitrogens with one attached hydrogen (secondary N) is 3. The summed E-state index contributed by atoms with van der Waals surface area (Å²) >= 11 is 12.0. The molecule has 0 aliphatic carbocycles. The number of halogens is 4. The molecule has 0 aliphatic rings. The topological polar surface area (TPSA) is 104 Å². The Morgan fingerprint density at radius 3 is 1.98 bits per heavy atom. The van der Waals surface area contributed by atoms with Crippen molar-refractivity contribution in [3.63, 3.8) is 0 Å². The third kappa shape index (κ3) is 10.1. The fourth-order valence-corrected chi connectivity index (χ4v) is 4.77. The molecule has 3 N–H and O–H groups in total. The van der Waals surface area contributed by atoms with Crippen LogP contribution in [0.4, 0.5) is 8.78 Å². The standard InChI is InChI=1S/C33H35Cl2F2N3O4/c1-21(2)29(30(42)33(36,37)32(44)38-18-17-22-9-5-3-6-10-22)40-31(43)27(20-23-11-7-4-8-12-23)39-28(41)16-14-24-13-15-25(34)26(35)19-24/h3-13,15,19,21,27,29H,14,16-18,20H2,1-2H3,(H,38,44)(H,39,41)(H,40,43). The molecule has 2 atom stereocenters. The van der Waals surface area contributed by atoms with Crippen LogP contribution in [-0.2, 0) is 38.4 Å². The van der Waals surface area contributed by atoms with E-state index in [0.717, 1.165) is 11.1 Å². The summed E-state index contributed by atoms with van der Waals surface area (Å²) in [6, 6.07) is 19.9. The molecule has 3 rings (SSSR count). The second-order valence-electron chi connectivity index (χ2n) is 10.7. The Labute approximate surface area is 265 Å². The highest BCUT2D eigenvalue weighted by molar-refractivity contribution is 6.42. The van der Waals surface area contributed by atoms with Gasteiger partial charge in [-0.05, 0) is 47.6 Å². The highest BCUT2D eigenvalue weighted by Crippen LogP contribution is 2.23. The number of rotatable bonds is 15. The second-order valence-corrected chi connectivity index (χ2v) is 11.5. The monoisotopic (exact) mass is 645 g/mol. The lowest BCUT2D eigenvalue weighted by Gasteiger charge is -2.27. The Hall–Kier alpha value is -3.82. The van der Waals surface area contributed by atoms with Gasteiger partial charge in [-0.2, -0.15) is 8.78 Å². The third-order valence-electron chi connectivity index (χ3n) is 6.94. The SMILES string of the molecule is CC(C)C(NC(=O)C(Cc1ccccc1)NC(=O)CCc1ccc(Cl)c(Cl)c1)C(=O)C(F)(F)C(=O)NCCc1ccccc1. The van der Waals surface area contributed by atoms with Crippen LogP contribution in [-0.4, -0.2) is 48.1 Å². The molecule has 0 fully saturated rings. The van der Waals surface area contributed by atoms with E-state index < -0.39 is 47.4 Å². The van der Waals surface area contributed by atoms with Crippen LogP contribution < -0.4 is 16.0 Å². The highest BCUT2D eigenvalue weighted by Gasteiger charge is 2.51. The third-order valence-corrected chi connectivity index (χ3v) is 7.68. The number of hydrogen-bond acceptors (Lipinski definition) is 4. The van der Waals surface area contributed by atoms with Gasteiger partial charge in [-0.1, -0.05) is 104 Å². The van der Waals surface area contributed by atoms with Gasteiger partial charge in [0, 0.05) is 19.4 Å². The van der Waals surface area contributed by atoms with Crippen molar-refractivity contribution < 1.29 is 28.0 Å². The minimum Gasteiger partial charge on any atom is -0.350 e. The molecule has 11 heteroatoms. The summed E-state index contributed by atoms with van der Waals surface area (Å²) in [7, 11) is 0. The van der Waals surface area contributed by atoms with Gasteiger partial charge in [-0.15, -0.1) is 0 Å². The smallest absolute Gasteiger partial charge is 0.350 e. The van der Waals surface area contributed by atoms with Gasteiger partial charge < -0.3 is 16.0 Å². The summed E-state index contributed by atoms with van der Waals surface area (Å²) in [5, 5.41) is 7.88. The maximum atomic E-state index is 15.1. The van der Waals surface area contributed by atoms with Crippen LogP contribution >= 0.6 is 23.2 Å². The van der Waals surface area contributed by atoms with Crippen LogP contribution in [0.15, 0.2) is 78.9 Å². The number of aryl methyl sites for hydroxylation is 1. The van der Waals surface area contributed by atoms with Crippen LogP contribution in [0.25, 0.3) is 0 Å². The molecule has 3 aromatic rings. The first-order chi connectivity index (χ1) is 20.9. The van der Waals surface area contributed by atoms with Gasteiger partial charge in [-0.3, -0.25) is 19.2 Å². The van der Waals surface area contributed by atoms with Gasteiger partial charge >= 0.3 is 5.92 Å². The van der Waals surface area contributed by atoms with E-state index in [1.54, 1.807) is 72.8 Å². The quantitative estimate of drug-likeness (QED) is 0.194. The van der Waals surface area contributed by atoms with Crippen LogP contribution in [0.2, 0.25) is 10.0 Å². The summed E-state index contributed by atoms with van der Waals surface area (Å²) in [4.78, 5) is 51.7. The molecule has 44 heavy (non-hydrogen) atoms. The van der Waals surface area contributed by atoms with Gasteiger partial charge in [0.2, 0.25) is 17.6 Å². The van der Waals surface area contributed by atoms with Crippen LogP contribution in [0.1, 0.15) is 37.0 Å². The molecule has 2 unspecified atom stereocenters. The minimum atomic E-state index is -4.39. The van der Waals surface area contributed by atoms with E-state index in [-0.39, 0.29) is 19.4 Å². The predicted molar refractivity (Wildman–Crippen MR) is 167 cm³/mol. The Balaban J connectivity index is 1.69. The number of benzene rings is 3. The number of carbonyl (C=O) groups excluding carboxylic acids is 4. The zero-order valence-electron chi connectivity index (χ0n) is 24.4. The number of alkyl halides is 2. The molecule has 0 spiro atoms. The van der Waals surface area contributed by atoms with Crippen molar-refractivity contribution in [1.82, 2.24) is 16.0 Å². The fraction of sp³-hybridized carbons (Fsp3) is 0.333. The van der Waals surface area contributed by atoms with Crippen LogP contribution in [0.5, 0.6) is 0 Å². The van der Waals surface area contributed by atoms with E-state index in [0.29, 0.717) is 28.5 Å². The van der Waals surface area contributed by atoms with Crippen molar-refractivity contribution >= 4 is 46.7 Å². The molecule has 0 radical (unpaired) electrons. The number of carbonyl (C=O) groups is 4. The molecule has 0 heterocycles. The number of ketones is 1. The lowest BCUT2D eigenvalue weighted by Crippen LogP contribution is -2.59. The summed E-state index contributed by atoms with van der Waals surface area (Å²) in [5.41, 5.74) is 2.29. The number of Topliss-reactive ketones (excluding diaryl/α,β-unsaturated/α-hetero) is 1. The minimum absolute atomic E-state index is 0.00426. The molecular weight excluding hydrogens is 611 g/mol. The second kappa shape index (κ2) is 16.3. The van der Waals surface area contributed by atoms with Crippen molar-refractivity contribution in [2.75, 3.05) is 6.54 Å². The summed E-state index contributed by atoms with van der Waals surface area (Å²) in [6.07, 6.45) is 0.652. The molecule has 0 aliphatic heterocycles. The van der Waals surface area contributed by atoms with Crippen molar-refractivity contribution in [1.29, 1.82) is 0 Å². The Bertz CT molecular complexity index is 1440. The fourth-order valence-electron chi connectivity index (χ4n) is 4.45. The average Bonchev–Trinajstić information content (AvgIpc) is 3.00. The molecule has 7 nitrogen and oxygen atoms in total. The molecule has 0 saturated heterocycles. The van der Waals surface area contributed by atoms with E-state index in [9.17, 15) is 19.2 Å². The van der Waals surface area contributed by atoms with E-state index in [2.05, 4.69) is 16.0 Å². The molecule has 0 aromatic heterocycles. The van der Waals surface area contributed by atoms with Crippen molar-refractivity contribution in [2.24, 2.45) is 5.92 Å². The normalized spacial score (nSPS) is 12.7. The zero-order valence-corrected chi connectivity index (χ0v) is 25.9. The molecule has 0 bridgehead atoms. The summed E-state index contributed by atoms with van der Waals surface area (Å²) in [6.45, 7) is 2.86. The first-order valence-corrected chi connectivity index (χ1v) is 15.0. The lowest BCUT2D eigenvalue weighted by molar-refractivity contribution is -0.161. The van der Waals surface area contributed by atoms with Gasteiger partial charge in [0.25, 0.3) is 5.91 Å². The van der Waals surface area contributed by atoms with E-state index in [1.807, 2.05) is 6.07 Å². The average molecular weight is 647 g/mol. The molecule has 234 valence electrons. The first-order valence-electron chi connectivity index (χ1n) is 14.2. The largest absolute Gasteiger partial charge is 0.383 e. The van der Waals surface area contributed by atoms with Crippen LogP contribution in [0, 0.1) is 5.92 Å². The highest BCUT2D eigenvalue weighted by atomic mass is 35.5. The zero-order chi connectivity index (χ0) is 32.3. The summed E-state index contributed by atoms with van der Waals surface area (Å²) in [5.74, 6) is -9.95. The maximum Gasteiger partial charge on any atom is 0.383 e. The van der Waals surface area contributed by atoms with Crippen molar-refractivity contribution in [3.8, 4) is 0 Å². The van der Waals surface area contributed by atoms with Gasteiger partial charge in [0.05, 0.1) is 16.1 Å². The van der Waals surface area contributed by atoms with E-state index in [4.69, 9.17) is 23.2 Å². The predicted octanol–water partition coefficient (Wildman–Crippen LogP) is 5.36. The van der Waals surface area contributed by atoms with E-state index >= 15 is 8.78 Å². The van der Waals surface area contributed by atoms with E-state index in [1.165, 1.54) is 13.8 Å². The lowest BCUT2D eigenvalue weighted by atomic mass is 9.94. The molecule has 3 amide bonds. The summed E-state index contributed by atoms with van der Waals surface area (Å²) < 4.78 is 30.1. The number of hydrogen-bond donors (Lipinski definition) is 3. The molecular formula is C33H35Cl2F2N3O4. The Morgan fingerprint density at radius 2 is 1.39 bits per heavy atom. The molecule has 3 aromatic carbocycles. The van der Waals surface area contributed by atoms with Crippen LogP contribution in [0.3, 0.4) is 0 Å². The molecule has 0 saturated carbocycles. The number of amides is 3. The van der Waals surface area contributed by atoms with Crippen molar-refractivity contribution in [2.45, 2.75) is 57.5 Å². The van der Waals surface area contributed by atoms with Gasteiger partial charge in [-0.25, -0.2) is 0 Å². The van der Waals surface area contributed by atoms with Crippen molar-refractivity contribution in [3.05, 3.63) is 106 Å². The Kier molecular flexibility index (Phi) is 12.8. The van der Waals surface area contributed by atoms with Gasteiger partial charge in [0.1, 0.15) is 6.04 Å².